The predicted octanol–water partition coefficient (Wildman–Crippen LogP) is 4.49. The largest absolute Gasteiger partial charge is 0.392 e. The molecule has 1 fully saturated rings. The third-order valence-electron chi connectivity index (χ3n) is 6.76. The van der Waals surface area contributed by atoms with Gasteiger partial charge in [-0.05, 0) is 34.2 Å². The highest BCUT2D eigenvalue weighted by molar-refractivity contribution is 5.96. The molecule has 166 valence electrons. The quantitative estimate of drug-likeness (QED) is 0.625. The number of β-amino-alcohol motifs (C(OH)–C–C–N with tert-alkyl or cyclic N) is 1. The van der Waals surface area contributed by atoms with Crippen molar-refractivity contribution < 1.29 is 9.90 Å². The molecule has 1 aliphatic carbocycles. The lowest BCUT2D eigenvalue weighted by atomic mass is 9.94. The second-order valence-corrected chi connectivity index (χ2v) is 8.69. The topological polar surface area (TPSA) is 43.8 Å². The standard InChI is InChI=1S/C27H28N2O2.ClH/c1-28(25(19-9-3-2-4-10-19)18-29-16-15-20(30)17-29)27(31)26-23-13-7-5-11-21(23)22-12-6-8-14-24(22)26;/h2-14,20,25-26,30H,15-18H2,1H3;1H/t20-,25+;/m0./s1. The van der Waals surface area contributed by atoms with Crippen LogP contribution in [0.2, 0.25) is 0 Å². The maximum absolute atomic E-state index is 14.0. The molecule has 1 N–H and O–H groups in total. The van der Waals surface area contributed by atoms with Gasteiger partial charge in [0.25, 0.3) is 0 Å². The lowest BCUT2D eigenvalue weighted by Gasteiger charge is -2.34. The summed E-state index contributed by atoms with van der Waals surface area (Å²) in [7, 11) is 1.93. The number of carbonyl (C=O) groups excluding carboxylic acids is 1. The van der Waals surface area contributed by atoms with Gasteiger partial charge in [-0.1, -0.05) is 78.9 Å². The van der Waals surface area contributed by atoms with Crippen molar-refractivity contribution in [3.8, 4) is 11.1 Å². The molecule has 0 saturated carbocycles. The van der Waals surface area contributed by atoms with Gasteiger partial charge in [0.05, 0.1) is 18.1 Å². The molecule has 0 spiro atoms. The van der Waals surface area contributed by atoms with Crippen LogP contribution in [-0.2, 0) is 4.79 Å². The Balaban J connectivity index is 0.00000245. The maximum Gasteiger partial charge on any atom is 0.234 e. The highest BCUT2D eigenvalue weighted by Crippen LogP contribution is 2.45. The third kappa shape index (κ3) is 4.06. The van der Waals surface area contributed by atoms with Gasteiger partial charge in [0, 0.05) is 26.7 Å². The summed E-state index contributed by atoms with van der Waals surface area (Å²) in [4.78, 5) is 18.2. The van der Waals surface area contributed by atoms with E-state index in [0.29, 0.717) is 6.54 Å². The zero-order chi connectivity index (χ0) is 21.4. The van der Waals surface area contributed by atoms with Gasteiger partial charge in [0.15, 0.2) is 0 Å². The molecule has 1 heterocycles. The molecule has 2 atom stereocenters. The van der Waals surface area contributed by atoms with Crippen LogP contribution in [0, 0.1) is 0 Å². The Labute approximate surface area is 195 Å². The van der Waals surface area contributed by atoms with E-state index in [4.69, 9.17) is 0 Å². The number of hydrogen-bond donors (Lipinski definition) is 1. The summed E-state index contributed by atoms with van der Waals surface area (Å²) < 4.78 is 0. The fraction of sp³-hybridized carbons (Fsp3) is 0.296. The first kappa shape index (κ1) is 22.5. The van der Waals surface area contributed by atoms with Crippen LogP contribution in [0.25, 0.3) is 11.1 Å². The zero-order valence-electron chi connectivity index (χ0n) is 18.2. The van der Waals surface area contributed by atoms with Crippen LogP contribution < -0.4 is 0 Å². The number of amides is 1. The van der Waals surface area contributed by atoms with E-state index in [1.807, 2.05) is 54.4 Å². The van der Waals surface area contributed by atoms with Crippen molar-refractivity contribution in [3.05, 3.63) is 95.6 Å². The first-order chi connectivity index (χ1) is 15.1. The van der Waals surface area contributed by atoms with Gasteiger partial charge in [0.2, 0.25) is 5.91 Å². The molecule has 0 unspecified atom stereocenters. The second-order valence-electron chi connectivity index (χ2n) is 8.69. The lowest BCUT2D eigenvalue weighted by Crippen LogP contribution is -2.41. The number of nitrogens with zero attached hydrogens (tertiary/aromatic N) is 2. The monoisotopic (exact) mass is 448 g/mol. The number of halogens is 1. The molecule has 1 amide bonds. The van der Waals surface area contributed by atoms with Gasteiger partial charge in [-0.15, -0.1) is 12.4 Å². The minimum atomic E-state index is -0.284. The van der Waals surface area contributed by atoms with E-state index in [0.717, 1.165) is 47.3 Å². The number of aliphatic hydroxyl groups excluding tert-OH is 1. The number of benzene rings is 3. The van der Waals surface area contributed by atoms with Gasteiger partial charge in [-0.25, -0.2) is 0 Å². The average Bonchev–Trinajstić information content (AvgIpc) is 3.38. The first-order valence-corrected chi connectivity index (χ1v) is 11.0. The van der Waals surface area contributed by atoms with E-state index in [1.54, 1.807) is 0 Å². The zero-order valence-corrected chi connectivity index (χ0v) is 19.0. The molecular formula is C27H29ClN2O2. The number of rotatable bonds is 5. The molecule has 0 radical (unpaired) electrons. The number of fused-ring (bicyclic) bond motifs is 3. The Kier molecular flexibility index (Phi) is 6.66. The van der Waals surface area contributed by atoms with Crippen molar-refractivity contribution in [2.45, 2.75) is 24.5 Å². The minimum Gasteiger partial charge on any atom is -0.392 e. The smallest absolute Gasteiger partial charge is 0.234 e. The van der Waals surface area contributed by atoms with Crippen LogP contribution in [0.15, 0.2) is 78.9 Å². The Hall–Kier alpha value is -2.66. The molecule has 5 heteroatoms. The van der Waals surface area contributed by atoms with E-state index < -0.39 is 0 Å². The Morgan fingerprint density at radius 2 is 1.53 bits per heavy atom. The number of aliphatic hydroxyl groups is 1. The van der Waals surface area contributed by atoms with E-state index in [9.17, 15) is 9.90 Å². The molecule has 1 aliphatic heterocycles. The van der Waals surface area contributed by atoms with Crippen LogP contribution in [0.1, 0.15) is 35.1 Å². The lowest BCUT2D eigenvalue weighted by molar-refractivity contribution is -0.133. The van der Waals surface area contributed by atoms with Crippen molar-refractivity contribution in [2.75, 3.05) is 26.7 Å². The van der Waals surface area contributed by atoms with Crippen LogP contribution in [-0.4, -0.2) is 53.6 Å². The van der Waals surface area contributed by atoms with Crippen LogP contribution >= 0.6 is 12.4 Å². The van der Waals surface area contributed by atoms with E-state index in [2.05, 4.69) is 41.3 Å². The van der Waals surface area contributed by atoms with Crippen LogP contribution in [0.3, 0.4) is 0 Å². The van der Waals surface area contributed by atoms with E-state index in [-0.39, 0.29) is 36.4 Å². The van der Waals surface area contributed by atoms with Crippen molar-refractivity contribution >= 4 is 18.3 Å². The van der Waals surface area contributed by atoms with Crippen molar-refractivity contribution in [2.24, 2.45) is 0 Å². The molecule has 3 aromatic rings. The average molecular weight is 449 g/mol. The molecule has 2 aliphatic rings. The summed E-state index contributed by atoms with van der Waals surface area (Å²) in [6.07, 6.45) is 0.522. The molecule has 3 aromatic carbocycles. The maximum atomic E-state index is 14.0. The fourth-order valence-electron chi connectivity index (χ4n) is 5.13. The predicted molar refractivity (Wildman–Crippen MR) is 130 cm³/mol. The van der Waals surface area contributed by atoms with Gasteiger partial charge in [-0.3, -0.25) is 9.69 Å². The summed E-state index contributed by atoms with van der Waals surface area (Å²) >= 11 is 0. The second kappa shape index (κ2) is 9.45. The fourth-order valence-corrected chi connectivity index (χ4v) is 5.13. The van der Waals surface area contributed by atoms with Gasteiger partial charge < -0.3 is 10.0 Å². The molecule has 4 nitrogen and oxygen atoms in total. The normalized spacial score (nSPS) is 18.5. The van der Waals surface area contributed by atoms with E-state index in [1.165, 1.54) is 0 Å². The van der Waals surface area contributed by atoms with Crippen LogP contribution in [0.5, 0.6) is 0 Å². The van der Waals surface area contributed by atoms with Gasteiger partial charge in [-0.2, -0.15) is 0 Å². The highest BCUT2D eigenvalue weighted by atomic mass is 35.5. The van der Waals surface area contributed by atoms with Crippen molar-refractivity contribution in [1.29, 1.82) is 0 Å². The number of likely N-dealkylation sites (tertiary alicyclic amines) is 1. The SMILES string of the molecule is CN(C(=O)C1c2ccccc2-c2ccccc21)[C@H](CN1CC[C@H](O)C1)c1ccccc1.Cl. The first-order valence-electron chi connectivity index (χ1n) is 11.0. The Morgan fingerprint density at radius 1 is 0.969 bits per heavy atom. The number of hydrogen-bond acceptors (Lipinski definition) is 3. The number of carbonyl (C=O) groups is 1. The molecule has 32 heavy (non-hydrogen) atoms. The summed E-state index contributed by atoms with van der Waals surface area (Å²) in [6.45, 7) is 2.25. The minimum absolute atomic E-state index is 0. The van der Waals surface area contributed by atoms with Crippen LogP contribution in [0.4, 0.5) is 0 Å². The molecular weight excluding hydrogens is 420 g/mol. The van der Waals surface area contributed by atoms with Gasteiger partial charge >= 0.3 is 0 Å². The van der Waals surface area contributed by atoms with Crippen molar-refractivity contribution in [1.82, 2.24) is 9.80 Å². The number of likely N-dealkylation sites (N-methyl/N-ethyl adjacent to an activating group) is 1. The Bertz CT molecular complexity index is 1040. The van der Waals surface area contributed by atoms with Crippen molar-refractivity contribution in [3.63, 3.8) is 0 Å². The summed E-state index contributed by atoms with van der Waals surface area (Å²) in [5.74, 6) is -0.168. The van der Waals surface area contributed by atoms with Gasteiger partial charge in [0.1, 0.15) is 0 Å². The molecule has 0 aromatic heterocycles. The summed E-state index contributed by atoms with van der Waals surface area (Å²) in [6, 6.07) is 26.7. The highest BCUT2D eigenvalue weighted by Gasteiger charge is 2.37. The molecule has 1 saturated heterocycles. The Morgan fingerprint density at radius 3 is 2.09 bits per heavy atom. The third-order valence-corrected chi connectivity index (χ3v) is 6.76. The molecule has 5 rings (SSSR count). The van der Waals surface area contributed by atoms with E-state index >= 15 is 0 Å². The summed E-state index contributed by atoms with van der Waals surface area (Å²) in [5.41, 5.74) is 5.61. The summed E-state index contributed by atoms with van der Waals surface area (Å²) in [5, 5.41) is 10.00. The molecule has 0 bridgehead atoms.